The number of imidazole rings is 1. The van der Waals surface area contributed by atoms with Crippen molar-refractivity contribution in [3.05, 3.63) is 44.8 Å². The van der Waals surface area contributed by atoms with Crippen LogP contribution in [0, 0.1) is 6.92 Å². The number of aryl methyl sites for hydroxylation is 1. The first-order valence-electron chi connectivity index (χ1n) is 6.02. The van der Waals surface area contributed by atoms with Crippen molar-refractivity contribution in [3.8, 4) is 0 Å². The van der Waals surface area contributed by atoms with Crippen molar-refractivity contribution in [2.45, 2.75) is 19.9 Å². The number of hydrogen-bond acceptors (Lipinski definition) is 4. The Morgan fingerprint density at radius 1 is 1.32 bits per heavy atom. The van der Waals surface area contributed by atoms with Crippen molar-refractivity contribution in [1.29, 1.82) is 0 Å². The molecular formula is C13H14N4OS. The molecule has 2 heterocycles. The Morgan fingerprint density at radius 3 is 2.84 bits per heavy atom. The highest BCUT2D eigenvalue weighted by Crippen LogP contribution is 2.26. The summed E-state index contributed by atoms with van der Waals surface area (Å²) >= 11 is 1.65. The van der Waals surface area contributed by atoms with Gasteiger partial charge in [-0.25, -0.2) is 9.78 Å². The predicted octanol–water partition coefficient (Wildman–Crippen LogP) is 2.79. The third kappa shape index (κ3) is 2.26. The standard InChI is InChI=1S/C13H14N4OS/c1-7-12(19-6-14-7)8(2)15-9-3-4-10-11(5-9)17-13(18)16-10/h3-6,8,15H,1-2H3,(H2,16,17,18). The second-order valence-corrected chi connectivity index (χ2v) is 5.39. The Kier molecular flexibility index (Phi) is 2.87. The molecule has 0 bridgehead atoms. The summed E-state index contributed by atoms with van der Waals surface area (Å²) in [5, 5.41) is 3.42. The molecule has 3 aromatic rings. The predicted molar refractivity (Wildman–Crippen MR) is 77.8 cm³/mol. The van der Waals surface area contributed by atoms with Crippen LogP contribution in [-0.2, 0) is 0 Å². The molecule has 0 amide bonds. The highest BCUT2D eigenvalue weighted by molar-refractivity contribution is 7.09. The van der Waals surface area contributed by atoms with Crippen molar-refractivity contribution < 1.29 is 0 Å². The largest absolute Gasteiger partial charge is 0.378 e. The lowest BCUT2D eigenvalue weighted by atomic mass is 10.2. The third-order valence-electron chi connectivity index (χ3n) is 3.08. The minimum atomic E-state index is -0.182. The number of thiazole rings is 1. The summed E-state index contributed by atoms with van der Waals surface area (Å²) in [6.07, 6.45) is 0. The van der Waals surface area contributed by atoms with Gasteiger partial charge in [0.25, 0.3) is 0 Å². The van der Waals surface area contributed by atoms with Crippen molar-refractivity contribution in [2.24, 2.45) is 0 Å². The molecule has 5 nitrogen and oxygen atoms in total. The molecule has 98 valence electrons. The van der Waals surface area contributed by atoms with Crippen molar-refractivity contribution in [1.82, 2.24) is 15.0 Å². The third-order valence-corrected chi connectivity index (χ3v) is 4.19. The smallest absolute Gasteiger partial charge is 0.323 e. The molecule has 6 heteroatoms. The van der Waals surface area contributed by atoms with E-state index >= 15 is 0 Å². The fourth-order valence-corrected chi connectivity index (χ4v) is 2.98. The molecule has 1 unspecified atom stereocenters. The van der Waals surface area contributed by atoms with Gasteiger partial charge in [0.1, 0.15) is 0 Å². The van der Waals surface area contributed by atoms with Gasteiger partial charge in [-0.15, -0.1) is 11.3 Å². The molecule has 19 heavy (non-hydrogen) atoms. The lowest BCUT2D eigenvalue weighted by molar-refractivity contribution is 0.891. The van der Waals surface area contributed by atoms with Crippen molar-refractivity contribution >= 4 is 28.1 Å². The number of aromatic amines is 2. The van der Waals surface area contributed by atoms with Crippen LogP contribution in [-0.4, -0.2) is 15.0 Å². The maximum Gasteiger partial charge on any atom is 0.323 e. The lowest BCUT2D eigenvalue weighted by Gasteiger charge is -2.14. The maximum atomic E-state index is 11.2. The number of nitrogens with one attached hydrogen (secondary N) is 3. The van der Waals surface area contributed by atoms with Gasteiger partial charge in [0.2, 0.25) is 0 Å². The lowest BCUT2D eigenvalue weighted by Crippen LogP contribution is -2.06. The van der Waals surface area contributed by atoms with E-state index in [0.717, 1.165) is 22.4 Å². The van der Waals surface area contributed by atoms with E-state index in [2.05, 4.69) is 27.2 Å². The molecule has 2 aromatic heterocycles. The summed E-state index contributed by atoms with van der Waals surface area (Å²) in [7, 11) is 0. The van der Waals surface area contributed by atoms with Gasteiger partial charge in [0.05, 0.1) is 28.3 Å². The second kappa shape index (κ2) is 4.55. The fourth-order valence-electron chi connectivity index (χ4n) is 2.16. The van der Waals surface area contributed by atoms with E-state index < -0.39 is 0 Å². The fraction of sp³-hybridized carbons (Fsp3) is 0.231. The Morgan fingerprint density at radius 2 is 2.11 bits per heavy atom. The van der Waals surface area contributed by atoms with Gasteiger partial charge in [0, 0.05) is 10.6 Å². The number of aromatic nitrogens is 3. The average molecular weight is 274 g/mol. The molecule has 0 radical (unpaired) electrons. The molecule has 0 aliphatic rings. The summed E-state index contributed by atoms with van der Waals surface area (Å²) in [6, 6.07) is 5.97. The first-order chi connectivity index (χ1) is 9.13. The van der Waals surface area contributed by atoms with Crippen LogP contribution in [0.2, 0.25) is 0 Å². The zero-order chi connectivity index (χ0) is 13.4. The summed E-state index contributed by atoms with van der Waals surface area (Å²) in [5.74, 6) is 0. The van der Waals surface area contributed by atoms with Crippen LogP contribution >= 0.6 is 11.3 Å². The van der Waals surface area contributed by atoms with Crippen LogP contribution in [0.3, 0.4) is 0 Å². The van der Waals surface area contributed by atoms with E-state index in [0.29, 0.717) is 0 Å². The Bertz CT molecular complexity index is 770. The summed E-state index contributed by atoms with van der Waals surface area (Å²) in [4.78, 5) is 22.2. The van der Waals surface area contributed by atoms with Crippen LogP contribution in [0.1, 0.15) is 23.5 Å². The number of H-pyrrole nitrogens is 2. The number of anilines is 1. The van der Waals surface area contributed by atoms with E-state index in [9.17, 15) is 4.79 Å². The molecule has 0 aliphatic carbocycles. The highest BCUT2D eigenvalue weighted by Gasteiger charge is 2.11. The van der Waals surface area contributed by atoms with Crippen LogP contribution in [0.25, 0.3) is 11.0 Å². The van der Waals surface area contributed by atoms with Gasteiger partial charge >= 0.3 is 5.69 Å². The Hall–Kier alpha value is -2.08. The van der Waals surface area contributed by atoms with Gasteiger partial charge in [-0.2, -0.15) is 0 Å². The van der Waals surface area contributed by atoms with Crippen LogP contribution < -0.4 is 11.0 Å². The van der Waals surface area contributed by atoms with Crippen molar-refractivity contribution in [3.63, 3.8) is 0 Å². The molecule has 0 saturated heterocycles. The molecule has 0 saturated carbocycles. The highest BCUT2D eigenvalue weighted by atomic mass is 32.1. The molecule has 0 spiro atoms. The average Bonchev–Trinajstić information content (AvgIpc) is 2.93. The monoisotopic (exact) mass is 274 g/mol. The van der Waals surface area contributed by atoms with Crippen LogP contribution in [0.15, 0.2) is 28.5 Å². The number of benzene rings is 1. The molecule has 1 aromatic carbocycles. The molecular weight excluding hydrogens is 260 g/mol. The van der Waals surface area contributed by atoms with E-state index in [1.165, 1.54) is 4.88 Å². The molecule has 1 atom stereocenters. The quantitative estimate of drug-likeness (QED) is 0.687. The summed E-state index contributed by atoms with van der Waals surface area (Å²) < 4.78 is 0. The normalized spacial score (nSPS) is 12.7. The van der Waals surface area contributed by atoms with Gasteiger partial charge in [-0.05, 0) is 32.0 Å². The molecule has 0 aliphatic heterocycles. The zero-order valence-corrected chi connectivity index (χ0v) is 11.5. The Balaban J connectivity index is 1.88. The number of hydrogen-bond donors (Lipinski definition) is 3. The zero-order valence-electron chi connectivity index (χ0n) is 10.7. The topological polar surface area (TPSA) is 73.6 Å². The van der Waals surface area contributed by atoms with Crippen LogP contribution in [0.5, 0.6) is 0 Å². The van der Waals surface area contributed by atoms with Crippen LogP contribution in [0.4, 0.5) is 5.69 Å². The summed E-state index contributed by atoms with van der Waals surface area (Å²) in [5.41, 5.74) is 5.33. The number of nitrogens with zero attached hydrogens (tertiary/aromatic N) is 1. The summed E-state index contributed by atoms with van der Waals surface area (Å²) in [6.45, 7) is 4.11. The Labute approximate surface area is 113 Å². The van der Waals surface area contributed by atoms with Gasteiger partial charge in [0.15, 0.2) is 0 Å². The molecule has 3 N–H and O–H groups in total. The maximum absolute atomic E-state index is 11.2. The minimum Gasteiger partial charge on any atom is -0.378 e. The first kappa shape index (κ1) is 12.0. The van der Waals surface area contributed by atoms with Gasteiger partial charge < -0.3 is 15.3 Å². The van der Waals surface area contributed by atoms with E-state index in [-0.39, 0.29) is 11.7 Å². The van der Waals surface area contributed by atoms with Crippen molar-refractivity contribution in [2.75, 3.05) is 5.32 Å². The van der Waals surface area contributed by atoms with Gasteiger partial charge in [-0.3, -0.25) is 0 Å². The number of fused-ring (bicyclic) bond motifs is 1. The minimum absolute atomic E-state index is 0.182. The second-order valence-electron chi connectivity index (χ2n) is 4.51. The molecule has 0 fully saturated rings. The van der Waals surface area contributed by atoms with E-state index in [4.69, 9.17) is 0 Å². The van der Waals surface area contributed by atoms with E-state index in [1.807, 2.05) is 30.6 Å². The first-order valence-corrected chi connectivity index (χ1v) is 6.90. The molecule has 3 rings (SSSR count). The SMILES string of the molecule is Cc1ncsc1C(C)Nc1ccc2[nH]c(=O)[nH]c2c1. The number of rotatable bonds is 3. The van der Waals surface area contributed by atoms with E-state index in [1.54, 1.807) is 11.3 Å². The van der Waals surface area contributed by atoms with Gasteiger partial charge in [-0.1, -0.05) is 0 Å².